The monoisotopic (exact) mass is 674 g/mol. The molecule has 3 aromatic rings. The fraction of sp³-hybridized carbons (Fsp3) is 0.562. The zero-order chi connectivity index (χ0) is 33.1. The van der Waals surface area contributed by atoms with Gasteiger partial charge in [-0.15, -0.1) is 0 Å². The maximum atomic E-state index is 14.2. The van der Waals surface area contributed by atoms with Crippen molar-refractivity contribution in [2.75, 3.05) is 43.9 Å². The Morgan fingerprint density at radius 2 is 1.94 bits per heavy atom. The second-order valence-electron chi connectivity index (χ2n) is 12.9. The molecular formula is C32H38ClF3N8O3. The number of hydrogen-bond donors (Lipinski definition) is 2. The van der Waals surface area contributed by atoms with Crippen LogP contribution in [0.15, 0.2) is 12.1 Å². The van der Waals surface area contributed by atoms with E-state index in [0.29, 0.717) is 49.0 Å². The quantitative estimate of drug-likeness (QED) is 0.354. The van der Waals surface area contributed by atoms with Gasteiger partial charge in [0.25, 0.3) is 5.91 Å². The van der Waals surface area contributed by atoms with E-state index < -0.39 is 22.9 Å². The molecule has 2 saturated heterocycles. The number of amides is 1. The lowest BCUT2D eigenvalue weighted by atomic mass is 9.94. The van der Waals surface area contributed by atoms with Crippen LogP contribution in [0.1, 0.15) is 82.3 Å². The highest BCUT2D eigenvalue weighted by Gasteiger charge is 2.45. The van der Waals surface area contributed by atoms with E-state index in [9.17, 15) is 18.0 Å². The van der Waals surface area contributed by atoms with E-state index >= 15 is 0 Å². The van der Waals surface area contributed by atoms with Gasteiger partial charge in [0, 0.05) is 43.4 Å². The number of benzene rings is 1. The number of aryl methyl sites for hydroxylation is 1. The predicted octanol–water partition coefficient (Wildman–Crippen LogP) is 4.83. The van der Waals surface area contributed by atoms with E-state index in [1.807, 2.05) is 11.6 Å². The number of hydrogen-bond acceptors (Lipinski definition) is 9. The number of carbonyl (C=O) groups excluding carboxylic acids is 1. The molecule has 4 aliphatic heterocycles. The van der Waals surface area contributed by atoms with Gasteiger partial charge in [-0.05, 0) is 69.8 Å². The van der Waals surface area contributed by atoms with Crippen LogP contribution in [0.5, 0.6) is 6.01 Å². The average Bonchev–Trinajstić information content (AvgIpc) is 3.65. The molecule has 11 nitrogen and oxygen atoms in total. The van der Waals surface area contributed by atoms with Crippen molar-refractivity contribution >= 4 is 29.0 Å². The molecule has 1 unspecified atom stereocenters. The molecule has 7 rings (SSSR count). The molecular weight excluding hydrogens is 637 g/mol. The first-order valence-corrected chi connectivity index (χ1v) is 16.4. The molecule has 4 aliphatic rings. The summed E-state index contributed by atoms with van der Waals surface area (Å²) in [5.74, 6) is 0.351. The van der Waals surface area contributed by atoms with Gasteiger partial charge < -0.3 is 25.4 Å². The Morgan fingerprint density at radius 3 is 2.66 bits per heavy atom. The fourth-order valence-electron chi connectivity index (χ4n) is 7.78. The minimum atomic E-state index is -4.71. The molecule has 6 heterocycles. The summed E-state index contributed by atoms with van der Waals surface area (Å²) in [6, 6.07) is 2.57. The number of nitrogens with two attached hydrogens (primary N) is 1. The number of halogens is 4. The van der Waals surface area contributed by atoms with E-state index in [1.54, 1.807) is 7.05 Å². The number of nitrogens with zero attached hydrogens (tertiary/aromatic N) is 6. The number of alkyl halides is 3. The van der Waals surface area contributed by atoms with Crippen molar-refractivity contribution in [3.8, 4) is 6.01 Å². The zero-order valence-corrected chi connectivity index (χ0v) is 27.2. The lowest BCUT2D eigenvalue weighted by Crippen LogP contribution is -2.43. The van der Waals surface area contributed by atoms with E-state index in [1.165, 1.54) is 6.07 Å². The molecule has 47 heavy (non-hydrogen) atoms. The van der Waals surface area contributed by atoms with Gasteiger partial charge in [-0.3, -0.25) is 14.4 Å². The van der Waals surface area contributed by atoms with Crippen molar-refractivity contribution in [3.63, 3.8) is 0 Å². The molecule has 0 aliphatic carbocycles. The Balaban J connectivity index is 1.27. The summed E-state index contributed by atoms with van der Waals surface area (Å²) in [6.45, 7) is 6.06. The van der Waals surface area contributed by atoms with Crippen molar-refractivity contribution < 1.29 is 27.4 Å². The van der Waals surface area contributed by atoms with Crippen LogP contribution in [0.3, 0.4) is 0 Å². The smallest absolute Gasteiger partial charge is 0.418 e. The first-order valence-electron chi connectivity index (χ1n) is 16.1. The fourth-order valence-corrected chi connectivity index (χ4v) is 8.12. The number of carbonyl (C=O) groups is 1. The van der Waals surface area contributed by atoms with Gasteiger partial charge in [0.15, 0.2) is 5.69 Å². The van der Waals surface area contributed by atoms with Gasteiger partial charge in [0.1, 0.15) is 12.4 Å². The third kappa shape index (κ3) is 5.78. The summed E-state index contributed by atoms with van der Waals surface area (Å²) >= 11 is 6.09. The molecule has 1 aromatic carbocycles. The number of fused-ring (bicyclic) bond motifs is 3. The SMILES string of the molecule is CNC(=O)c1nn2c(c1C)CN(c1nc(OCC34CCCN3CCC4)nc3c1COC(c1cc(N)cc(Cl)c1C(F)(F)F)C3)CCC2. The Hall–Kier alpha value is -3.62. The zero-order valence-electron chi connectivity index (χ0n) is 26.4. The van der Waals surface area contributed by atoms with Crippen LogP contribution in [0.2, 0.25) is 5.02 Å². The van der Waals surface area contributed by atoms with Crippen LogP contribution in [0.4, 0.5) is 24.7 Å². The lowest BCUT2D eigenvalue weighted by Gasteiger charge is -2.33. The number of rotatable bonds is 6. The minimum Gasteiger partial charge on any atom is -0.461 e. The van der Waals surface area contributed by atoms with Crippen LogP contribution >= 0.6 is 11.6 Å². The van der Waals surface area contributed by atoms with Gasteiger partial charge in [-0.1, -0.05) is 11.6 Å². The highest BCUT2D eigenvalue weighted by Crippen LogP contribution is 2.45. The third-order valence-corrected chi connectivity index (χ3v) is 10.4. The maximum Gasteiger partial charge on any atom is 0.418 e. The Labute approximate surface area is 275 Å². The van der Waals surface area contributed by atoms with Crippen molar-refractivity contribution in [2.45, 2.75) is 83.0 Å². The first kappa shape index (κ1) is 32.0. The van der Waals surface area contributed by atoms with Crippen LogP contribution in [0, 0.1) is 6.92 Å². The van der Waals surface area contributed by atoms with E-state index in [0.717, 1.165) is 62.5 Å². The van der Waals surface area contributed by atoms with Crippen molar-refractivity contribution in [2.24, 2.45) is 0 Å². The lowest BCUT2D eigenvalue weighted by molar-refractivity contribution is -0.139. The summed E-state index contributed by atoms with van der Waals surface area (Å²) in [7, 11) is 1.58. The molecule has 1 atom stereocenters. The van der Waals surface area contributed by atoms with Crippen molar-refractivity contribution in [1.82, 2.24) is 30.0 Å². The summed E-state index contributed by atoms with van der Waals surface area (Å²) in [5, 5.41) is 6.76. The summed E-state index contributed by atoms with van der Waals surface area (Å²) < 4.78 is 57.1. The average molecular weight is 675 g/mol. The number of anilines is 2. The number of ether oxygens (including phenoxy) is 2. The summed E-state index contributed by atoms with van der Waals surface area (Å²) in [5.41, 5.74) is 8.24. The number of nitrogen functional groups attached to an aromatic ring is 1. The molecule has 15 heteroatoms. The molecule has 2 fully saturated rings. The van der Waals surface area contributed by atoms with Crippen molar-refractivity contribution in [3.05, 3.63) is 56.5 Å². The third-order valence-electron chi connectivity index (χ3n) is 10.1. The molecule has 1 amide bonds. The van der Waals surface area contributed by atoms with E-state index in [2.05, 4.69) is 20.2 Å². The summed E-state index contributed by atoms with van der Waals surface area (Å²) in [4.78, 5) is 26.8. The highest BCUT2D eigenvalue weighted by molar-refractivity contribution is 6.31. The van der Waals surface area contributed by atoms with Crippen molar-refractivity contribution in [1.29, 1.82) is 0 Å². The van der Waals surface area contributed by atoms with Crippen LogP contribution < -0.4 is 20.7 Å². The largest absolute Gasteiger partial charge is 0.461 e. The molecule has 0 saturated carbocycles. The Morgan fingerprint density at radius 1 is 1.17 bits per heavy atom. The van der Waals surface area contributed by atoms with Gasteiger partial charge in [0.2, 0.25) is 0 Å². The van der Waals surface area contributed by atoms with Crippen LogP contribution in [0.25, 0.3) is 0 Å². The predicted molar refractivity (Wildman–Crippen MR) is 168 cm³/mol. The topological polar surface area (TPSA) is 124 Å². The Kier molecular flexibility index (Phi) is 8.24. The second kappa shape index (κ2) is 12.1. The molecule has 3 N–H and O–H groups in total. The second-order valence-corrected chi connectivity index (χ2v) is 13.3. The van der Waals surface area contributed by atoms with Gasteiger partial charge >= 0.3 is 12.2 Å². The van der Waals surface area contributed by atoms with E-state index in [-0.39, 0.29) is 41.7 Å². The number of aromatic nitrogens is 4. The standard InChI is InChI=1S/C32H38ClF3N8O3/c1-18-24-15-42(8-5-11-44(24)41-27(18)29(45)38-2)28-21-16-46-25(20-12-19(37)13-22(33)26(20)32(34,35)36)14-23(21)39-30(40-28)47-17-31-6-3-9-43(31)10-4-7-31/h12-13,25H,3-11,14-17,37H2,1-2H3,(H,38,45). The first-order chi connectivity index (χ1) is 22.5. The van der Waals surface area contributed by atoms with E-state index in [4.69, 9.17) is 36.8 Å². The summed E-state index contributed by atoms with van der Waals surface area (Å²) in [6.07, 6.45) is -0.605. The number of nitrogens with one attached hydrogen (secondary N) is 1. The van der Waals surface area contributed by atoms with Gasteiger partial charge in [-0.2, -0.15) is 28.2 Å². The highest BCUT2D eigenvalue weighted by atomic mass is 35.5. The van der Waals surface area contributed by atoms with Crippen LogP contribution in [-0.4, -0.2) is 69.4 Å². The molecule has 0 bridgehead atoms. The molecule has 0 spiro atoms. The normalized spacial score (nSPS) is 20.8. The molecule has 252 valence electrons. The molecule has 0 radical (unpaired) electrons. The molecule has 2 aromatic heterocycles. The minimum absolute atomic E-state index is 0.0186. The van der Waals surface area contributed by atoms with Gasteiger partial charge in [-0.25, -0.2) is 0 Å². The van der Waals surface area contributed by atoms with Gasteiger partial charge in [0.05, 0.1) is 46.8 Å². The van der Waals surface area contributed by atoms with Crippen LogP contribution in [-0.2, 0) is 37.0 Å². The Bertz CT molecular complexity index is 1700. The maximum absolute atomic E-state index is 14.2.